The van der Waals surface area contributed by atoms with Gasteiger partial charge in [0.25, 0.3) is 11.5 Å². The van der Waals surface area contributed by atoms with Crippen LogP contribution < -0.4 is 32.5 Å². The summed E-state index contributed by atoms with van der Waals surface area (Å²) in [6, 6.07) is 14.8. The number of amides is 2. The highest BCUT2D eigenvalue weighted by molar-refractivity contribution is 5.94. The van der Waals surface area contributed by atoms with Crippen molar-refractivity contribution >= 4 is 45.7 Å². The lowest BCUT2D eigenvalue weighted by Gasteiger charge is -2.24. The Hall–Kier alpha value is -6.66. The average Bonchev–Trinajstić information content (AvgIpc) is 3.62. The first-order valence-electron chi connectivity index (χ1n) is 19.0. The second-order valence-corrected chi connectivity index (χ2v) is 14.1. The number of aryl methyl sites for hydroxylation is 1. The Balaban J connectivity index is 0.882. The lowest BCUT2D eigenvalue weighted by molar-refractivity contribution is -0.124. The van der Waals surface area contributed by atoms with Gasteiger partial charge in [-0.25, -0.2) is 23.7 Å². The zero-order valence-electron chi connectivity index (χ0n) is 31.7. The van der Waals surface area contributed by atoms with Gasteiger partial charge in [-0.1, -0.05) is 24.8 Å². The highest BCUT2D eigenvalue weighted by Gasteiger charge is 2.39. The summed E-state index contributed by atoms with van der Waals surface area (Å²) in [5.74, 6) is -0.0537. The lowest BCUT2D eigenvalue weighted by Crippen LogP contribution is -2.40. The van der Waals surface area contributed by atoms with Crippen molar-refractivity contribution in [1.29, 1.82) is 0 Å². The highest BCUT2D eigenvalue weighted by atomic mass is 19.1. The Morgan fingerprint density at radius 1 is 1.02 bits per heavy atom. The Bertz CT molecular complexity index is 2640. The topological polar surface area (TPSA) is 193 Å². The molecule has 2 amide bonds. The normalized spacial score (nSPS) is 17.7. The summed E-state index contributed by atoms with van der Waals surface area (Å²) in [5.41, 5.74) is 3.64. The van der Waals surface area contributed by atoms with E-state index in [1.807, 2.05) is 18.2 Å². The van der Waals surface area contributed by atoms with Gasteiger partial charge in [-0.05, 0) is 55.2 Å². The van der Waals surface area contributed by atoms with E-state index in [4.69, 9.17) is 9.47 Å². The van der Waals surface area contributed by atoms with Crippen LogP contribution in [0.15, 0.2) is 95.1 Å². The smallest absolute Gasteiger partial charge is 0.329 e. The molecule has 0 radical (unpaired) electrons. The number of anilines is 3. The first kappa shape index (κ1) is 38.2. The molecule has 5 aromatic heterocycles. The van der Waals surface area contributed by atoms with Crippen LogP contribution in [0.3, 0.4) is 0 Å². The molecule has 58 heavy (non-hydrogen) atoms. The van der Waals surface area contributed by atoms with Crippen LogP contribution in [0.4, 0.5) is 21.6 Å². The summed E-state index contributed by atoms with van der Waals surface area (Å²) in [7, 11) is 1.71. The molecule has 1 saturated heterocycles. The number of para-hydroxylation sites is 1. The van der Waals surface area contributed by atoms with Gasteiger partial charge in [-0.2, -0.15) is 0 Å². The van der Waals surface area contributed by atoms with Crippen molar-refractivity contribution < 1.29 is 23.5 Å². The number of ether oxygens (including phenoxy) is 2. The number of benzene rings is 1. The van der Waals surface area contributed by atoms with Crippen molar-refractivity contribution in [2.75, 3.05) is 43.6 Å². The Labute approximate surface area is 330 Å². The predicted molar refractivity (Wildman–Crippen MR) is 213 cm³/mol. The second-order valence-electron chi connectivity index (χ2n) is 14.1. The Morgan fingerprint density at radius 2 is 1.84 bits per heavy atom. The van der Waals surface area contributed by atoms with Crippen molar-refractivity contribution in [2.24, 2.45) is 7.05 Å². The predicted octanol–water partition coefficient (Wildman–Crippen LogP) is 3.17. The van der Waals surface area contributed by atoms with Crippen LogP contribution in [0.2, 0.25) is 0 Å². The maximum atomic E-state index is 13.6. The van der Waals surface area contributed by atoms with Gasteiger partial charge in [0.15, 0.2) is 17.2 Å². The molecule has 3 atom stereocenters. The van der Waals surface area contributed by atoms with Crippen molar-refractivity contribution in [3.05, 3.63) is 118 Å². The van der Waals surface area contributed by atoms with Gasteiger partial charge in [0.2, 0.25) is 5.91 Å². The standard InChI is InChI=1S/C40H42FN11O6/c1-24-11-12-31(37(53)45-24)51-30-9-5-7-25(35(30)49(2)40(51)56)13-17-57-19-20-58-18-15-42-29-22-33(46-27-8-6-16-50(39(27)55)34-10-3-4-14-43-34)48-52-32(23-44-36(29)52)38(54)47-28-21-26(28)41/h3-10,14,16,22-23,26,28,31,42H,1,11-13,15,17-21H2,2H3,(H,45,53)(H,46,48)(H,47,54)/t26-,28+,31?/m0/s1. The molecule has 6 heterocycles. The number of hydrogen-bond acceptors (Lipinski definition) is 11. The number of alkyl halides is 1. The van der Waals surface area contributed by atoms with Crippen LogP contribution in [0.1, 0.15) is 41.4 Å². The SMILES string of the molecule is C=C1CCC(n2c(=O)n(C)c3c(CCOCCOCCNc4cc(Nc5cccn(-c6ccccn6)c5=O)nn5c(C(=O)N[C@@H]6C[C@@H]6F)cnc45)cccc32)C(=O)N1. The number of allylic oxidation sites excluding steroid dienone is 1. The summed E-state index contributed by atoms with van der Waals surface area (Å²) in [5, 5.41) is 16.4. The fraction of sp³-hybridized carbons (Fsp3) is 0.325. The van der Waals surface area contributed by atoms with Crippen LogP contribution in [0.5, 0.6) is 0 Å². The number of aromatic nitrogens is 7. The number of halogens is 1. The highest BCUT2D eigenvalue weighted by Crippen LogP contribution is 2.28. The third-order valence-electron chi connectivity index (χ3n) is 10.1. The molecular weight excluding hydrogens is 750 g/mol. The maximum absolute atomic E-state index is 13.6. The molecule has 1 unspecified atom stereocenters. The number of fused-ring (bicyclic) bond motifs is 2. The summed E-state index contributed by atoms with van der Waals surface area (Å²) < 4.78 is 31.2. The number of carbonyl (C=O) groups is 2. The van der Waals surface area contributed by atoms with Crippen LogP contribution in [0, 0.1) is 0 Å². The lowest BCUT2D eigenvalue weighted by atomic mass is 10.0. The van der Waals surface area contributed by atoms with Crippen LogP contribution in [-0.4, -0.2) is 90.3 Å². The number of pyridine rings is 2. The van der Waals surface area contributed by atoms with Crippen molar-refractivity contribution in [1.82, 2.24) is 43.9 Å². The van der Waals surface area contributed by atoms with Gasteiger partial charge in [0, 0.05) is 44.2 Å². The van der Waals surface area contributed by atoms with Gasteiger partial charge in [-0.3, -0.25) is 28.1 Å². The first-order valence-corrected chi connectivity index (χ1v) is 19.0. The molecule has 0 spiro atoms. The fourth-order valence-corrected chi connectivity index (χ4v) is 7.07. The van der Waals surface area contributed by atoms with E-state index in [0.717, 1.165) is 11.1 Å². The molecule has 4 N–H and O–H groups in total. The number of nitrogens with zero attached hydrogens (tertiary/aromatic N) is 7. The van der Waals surface area contributed by atoms with E-state index in [2.05, 4.69) is 42.9 Å². The molecule has 18 heteroatoms. The van der Waals surface area contributed by atoms with Gasteiger partial charge in [0.1, 0.15) is 23.7 Å². The maximum Gasteiger partial charge on any atom is 0.329 e. The third kappa shape index (κ3) is 7.83. The van der Waals surface area contributed by atoms with E-state index in [-0.39, 0.29) is 40.8 Å². The van der Waals surface area contributed by atoms with Gasteiger partial charge < -0.3 is 30.7 Å². The van der Waals surface area contributed by atoms with E-state index < -0.39 is 24.2 Å². The molecule has 2 aliphatic rings. The van der Waals surface area contributed by atoms with Crippen molar-refractivity contribution in [2.45, 2.75) is 43.9 Å². The molecule has 300 valence electrons. The van der Waals surface area contributed by atoms with E-state index in [9.17, 15) is 23.6 Å². The number of hydrogen-bond donors (Lipinski definition) is 4. The van der Waals surface area contributed by atoms with E-state index in [1.165, 1.54) is 15.3 Å². The third-order valence-corrected chi connectivity index (χ3v) is 10.1. The van der Waals surface area contributed by atoms with E-state index in [1.54, 1.807) is 65.0 Å². The average molecular weight is 792 g/mol. The van der Waals surface area contributed by atoms with Gasteiger partial charge >= 0.3 is 5.69 Å². The number of rotatable bonds is 16. The van der Waals surface area contributed by atoms with Gasteiger partial charge in [-0.15, -0.1) is 5.10 Å². The summed E-state index contributed by atoms with van der Waals surface area (Å²) in [6.07, 6.45) is 5.42. The molecule has 0 bridgehead atoms. The van der Waals surface area contributed by atoms with Crippen LogP contribution in [-0.2, 0) is 27.7 Å². The second kappa shape index (κ2) is 16.4. The summed E-state index contributed by atoms with van der Waals surface area (Å²) in [4.78, 5) is 61.2. The van der Waals surface area contributed by atoms with Crippen LogP contribution in [0.25, 0.3) is 22.5 Å². The number of nitrogens with one attached hydrogen (secondary N) is 4. The van der Waals surface area contributed by atoms with E-state index >= 15 is 0 Å². The van der Waals surface area contributed by atoms with Gasteiger partial charge in [0.05, 0.1) is 55.4 Å². The van der Waals surface area contributed by atoms with Crippen molar-refractivity contribution in [3.8, 4) is 5.82 Å². The monoisotopic (exact) mass is 791 g/mol. The Kier molecular flexibility index (Phi) is 10.8. The zero-order valence-corrected chi connectivity index (χ0v) is 31.7. The Morgan fingerprint density at radius 3 is 2.62 bits per heavy atom. The molecule has 1 aliphatic carbocycles. The minimum Gasteiger partial charge on any atom is -0.380 e. The molecule has 1 aliphatic heterocycles. The zero-order chi connectivity index (χ0) is 40.3. The minimum absolute atomic E-state index is 0.104. The van der Waals surface area contributed by atoms with Crippen LogP contribution >= 0.6 is 0 Å². The molecule has 1 aromatic carbocycles. The summed E-state index contributed by atoms with van der Waals surface area (Å²) in [6.45, 7) is 5.56. The molecule has 2 fully saturated rings. The largest absolute Gasteiger partial charge is 0.380 e. The summed E-state index contributed by atoms with van der Waals surface area (Å²) >= 11 is 0. The number of carbonyl (C=O) groups excluding carboxylic acids is 2. The van der Waals surface area contributed by atoms with E-state index in [0.29, 0.717) is 80.6 Å². The number of imidazole rings is 2. The first-order chi connectivity index (χ1) is 28.2. The fourth-order valence-electron chi connectivity index (χ4n) is 7.07. The minimum atomic E-state index is -1.08. The molecule has 17 nitrogen and oxygen atoms in total. The quantitative estimate of drug-likeness (QED) is 0.105. The number of piperidine rings is 1. The molecule has 8 rings (SSSR count). The molecule has 6 aromatic rings. The molecule has 1 saturated carbocycles. The molecular formula is C40H42FN11O6. The van der Waals surface area contributed by atoms with Crippen molar-refractivity contribution in [3.63, 3.8) is 0 Å².